The van der Waals surface area contributed by atoms with E-state index in [0.29, 0.717) is 17.1 Å². The Hall–Kier alpha value is -2.85. The summed E-state index contributed by atoms with van der Waals surface area (Å²) in [7, 11) is 0. The van der Waals surface area contributed by atoms with Crippen molar-refractivity contribution in [2.45, 2.75) is 0 Å². The van der Waals surface area contributed by atoms with Crippen molar-refractivity contribution in [2.75, 3.05) is 11.5 Å². The molecular formula is C18H15ClN2O2. The van der Waals surface area contributed by atoms with Crippen LogP contribution in [0.1, 0.15) is 0 Å². The molecule has 116 valence electrons. The summed E-state index contributed by atoms with van der Waals surface area (Å²) in [4.78, 5) is 0. The van der Waals surface area contributed by atoms with Gasteiger partial charge in [-0.15, -0.1) is 0 Å². The van der Waals surface area contributed by atoms with Gasteiger partial charge in [-0.05, 0) is 17.7 Å². The van der Waals surface area contributed by atoms with Gasteiger partial charge in [-0.2, -0.15) is 0 Å². The van der Waals surface area contributed by atoms with E-state index in [2.05, 4.69) is 0 Å². The lowest BCUT2D eigenvalue weighted by Gasteiger charge is -2.18. The van der Waals surface area contributed by atoms with Gasteiger partial charge in [0.05, 0.1) is 5.02 Å². The number of nitrogens with two attached hydrogens (primary N) is 2. The summed E-state index contributed by atoms with van der Waals surface area (Å²) in [5, 5.41) is 10.2. The smallest absolute Gasteiger partial charge is 0.162 e. The van der Waals surface area contributed by atoms with Crippen molar-refractivity contribution in [2.24, 2.45) is 0 Å². The molecule has 0 saturated heterocycles. The van der Waals surface area contributed by atoms with E-state index in [1.165, 1.54) is 0 Å². The lowest BCUT2D eigenvalue weighted by Crippen LogP contribution is -2.01. The van der Waals surface area contributed by atoms with Crippen LogP contribution in [0.25, 0.3) is 11.1 Å². The summed E-state index contributed by atoms with van der Waals surface area (Å²) < 4.78 is 5.91. The van der Waals surface area contributed by atoms with Crippen molar-refractivity contribution < 1.29 is 9.84 Å². The van der Waals surface area contributed by atoms with Crippen LogP contribution >= 0.6 is 11.6 Å². The van der Waals surface area contributed by atoms with E-state index in [1.54, 1.807) is 12.1 Å². The average Bonchev–Trinajstić information content (AvgIpc) is 2.60. The first-order valence-corrected chi connectivity index (χ1v) is 7.35. The molecule has 0 unspecified atom stereocenters. The van der Waals surface area contributed by atoms with Gasteiger partial charge in [-0.1, -0.05) is 60.1 Å². The van der Waals surface area contributed by atoms with Gasteiger partial charge in [0.15, 0.2) is 11.5 Å². The molecule has 0 aliphatic heterocycles. The minimum atomic E-state index is -0.247. The van der Waals surface area contributed by atoms with E-state index >= 15 is 0 Å². The second kappa shape index (κ2) is 6.10. The van der Waals surface area contributed by atoms with Gasteiger partial charge in [0.25, 0.3) is 0 Å². The molecule has 0 fully saturated rings. The molecule has 0 aromatic heterocycles. The van der Waals surface area contributed by atoms with Crippen LogP contribution < -0.4 is 16.2 Å². The van der Waals surface area contributed by atoms with Crippen LogP contribution in [-0.4, -0.2) is 5.11 Å². The monoisotopic (exact) mass is 326 g/mol. The Morgan fingerprint density at radius 2 is 1.39 bits per heavy atom. The van der Waals surface area contributed by atoms with Crippen molar-refractivity contribution >= 4 is 23.0 Å². The molecule has 0 spiro atoms. The first kappa shape index (κ1) is 15.1. The number of halogens is 1. The third-order valence-corrected chi connectivity index (χ3v) is 3.84. The Bertz CT molecular complexity index is 837. The third kappa shape index (κ3) is 2.76. The fourth-order valence-corrected chi connectivity index (χ4v) is 2.59. The van der Waals surface area contributed by atoms with E-state index < -0.39 is 0 Å². The SMILES string of the molecule is Nc1c(N)c(Oc2ccccc2)c(-c2ccccc2)c(Cl)c1O. The molecule has 0 saturated carbocycles. The largest absolute Gasteiger partial charge is 0.504 e. The molecule has 23 heavy (non-hydrogen) atoms. The van der Waals surface area contributed by atoms with Crippen LogP contribution in [0, 0.1) is 0 Å². The fraction of sp³-hybridized carbons (Fsp3) is 0. The number of hydrogen-bond acceptors (Lipinski definition) is 4. The van der Waals surface area contributed by atoms with Gasteiger partial charge < -0.3 is 21.3 Å². The first-order chi connectivity index (χ1) is 11.1. The number of ether oxygens (including phenoxy) is 1. The predicted octanol–water partition coefficient (Wildman–Crippen LogP) is 4.67. The topological polar surface area (TPSA) is 81.5 Å². The fourth-order valence-electron chi connectivity index (χ4n) is 2.30. The zero-order chi connectivity index (χ0) is 16.4. The number of anilines is 2. The zero-order valence-corrected chi connectivity index (χ0v) is 12.9. The van der Waals surface area contributed by atoms with Crippen LogP contribution in [0.2, 0.25) is 5.02 Å². The summed E-state index contributed by atoms with van der Waals surface area (Å²) in [5.41, 5.74) is 13.3. The highest BCUT2D eigenvalue weighted by atomic mass is 35.5. The maximum atomic E-state index is 10.1. The van der Waals surface area contributed by atoms with Gasteiger partial charge in [-0.3, -0.25) is 0 Å². The van der Waals surface area contributed by atoms with Gasteiger partial charge in [0.2, 0.25) is 0 Å². The summed E-state index contributed by atoms with van der Waals surface area (Å²) in [6.07, 6.45) is 0. The van der Waals surface area contributed by atoms with Crippen LogP contribution in [0.3, 0.4) is 0 Å². The normalized spacial score (nSPS) is 10.5. The number of benzene rings is 3. The molecule has 5 N–H and O–H groups in total. The minimum Gasteiger partial charge on any atom is -0.504 e. The molecular weight excluding hydrogens is 312 g/mol. The van der Waals surface area contributed by atoms with Crippen molar-refractivity contribution in [3.8, 4) is 28.4 Å². The van der Waals surface area contributed by atoms with Crippen LogP contribution in [-0.2, 0) is 0 Å². The minimum absolute atomic E-state index is 0.000567. The number of rotatable bonds is 3. The highest BCUT2D eigenvalue weighted by Crippen LogP contribution is 2.51. The molecule has 0 aliphatic carbocycles. The number of para-hydroxylation sites is 1. The molecule has 0 amide bonds. The van der Waals surface area contributed by atoms with Crippen molar-refractivity contribution in [3.05, 3.63) is 65.7 Å². The van der Waals surface area contributed by atoms with Crippen molar-refractivity contribution in [1.82, 2.24) is 0 Å². The summed E-state index contributed by atoms with van der Waals surface area (Å²) in [5.74, 6) is 0.670. The summed E-state index contributed by atoms with van der Waals surface area (Å²) in [6.45, 7) is 0. The highest BCUT2D eigenvalue weighted by molar-refractivity contribution is 6.36. The molecule has 5 heteroatoms. The molecule has 3 rings (SSSR count). The van der Waals surface area contributed by atoms with Crippen LogP contribution in [0.4, 0.5) is 11.4 Å². The second-order valence-corrected chi connectivity index (χ2v) is 5.35. The summed E-state index contributed by atoms with van der Waals surface area (Å²) in [6, 6.07) is 18.5. The number of phenols is 1. The maximum Gasteiger partial charge on any atom is 0.162 e. The maximum absolute atomic E-state index is 10.1. The Labute approximate surface area is 138 Å². The Balaban J connectivity index is 2.24. The van der Waals surface area contributed by atoms with Gasteiger partial charge >= 0.3 is 0 Å². The van der Waals surface area contributed by atoms with Gasteiger partial charge in [0.1, 0.15) is 17.1 Å². The molecule has 0 bridgehead atoms. The molecule has 0 heterocycles. The van der Waals surface area contributed by atoms with E-state index in [0.717, 1.165) is 5.56 Å². The molecule has 0 aliphatic rings. The number of phenolic OH excluding ortho intramolecular Hbond substituents is 1. The summed E-state index contributed by atoms with van der Waals surface area (Å²) >= 11 is 6.31. The molecule has 0 atom stereocenters. The number of aromatic hydroxyl groups is 1. The Kier molecular flexibility index (Phi) is 4.00. The van der Waals surface area contributed by atoms with E-state index in [9.17, 15) is 5.11 Å². The van der Waals surface area contributed by atoms with Crippen LogP contribution in [0.5, 0.6) is 17.2 Å². The standard InChI is InChI=1S/C18H15ClN2O2/c19-14-13(11-7-3-1-4-8-11)18(16(21)15(20)17(14)22)23-12-9-5-2-6-10-12/h1-10,22H,20-21H2. The highest BCUT2D eigenvalue weighted by Gasteiger charge is 2.22. The van der Waals surface area contributed by atoms with Crippen LogP contribution in [0.15, 0.2) is 60.7 Å². The van der Waals surface area contributed by atoms with E-state index in [-0.39, 0.29) is 22.1 Å². The third-order valence-electron chi connectivity index (χ3n) is 3.47. The predicted molar refractivity (Wildman–Crippen MR) is 93.9 cm³/mol. The molecule has 3 aromatic carbocycles. The second-order valence-electron chi connectivity index (χ2n) is 4.98. The first-order valence-electron chi connectivity index (χ1n) is 6.97. The van der Waals surface area contributed by atoms with Crippen molar-refractivity contribution in [1.29, 1.82) is 0 Å². The quantitative estimate of drug-likeness (QED) is 0.482. The van der Waals surface area contributed by atoms with E-state index in [1.807, 2.05) is 48.5 Å². The lowest BCUT2D eigenvalue weighted by molar-refractivity contribution is 0.470. The molecule has 0 radical (unpaired) electrons. The average molecular weight is 327 g/mol. The molecule has 3 aromatic rings. The van der Waals surface area contributed by atoms with Gasteiger partial charge in [0, 0.05) is 5.56 Å². The Morgan fingerprint density at radius 3 is 2.00 bits per heavy atom. The zero-order valence-electron chi connectivity index (χ0n) is 12.2. The molecule has 4 nitrogen and oxygen atoms in total. The number of hydrogen-bond donors (Lipinski definition) is 3. The van der Waals surface area contributed by atoms with E-state index in [4.69, 9.17) is 27.8 Å². The number of nitrogen functional groups attached to an aromatic ring is 2. The Morgan fingerprint density at radius 1 is 0.826 bits per heavy atom. The lowest BCUT2D eigenvalue weighted by atomic mass is 10.0. The van der Waals surface area contributed by atoms with Gasteiger partial charge in [-0.25, -0.2) is 0 Å². The van der Waals surface area contributed by atoms with Crippen molar-refractivity contribution in [3.63, 3.8) is 0 Å².